The fourth-order valence-corrected chi connectivity index (χ4v) is 8.32. The van der Waals surface area contributed by atoms with Gasteiger partial charge in [-0.1, -0.05) is 50.6 Å². The van der Waals surface area contributed by atoms with Gasteiger partial charge in [0.15, 0.2) is 9.84 Å². The van der Waals surface area contributed by atoms with Crippen LogP contribution in [0.5, 0.6) is 5.75 Å². The van der Waals surface area contributed by atoms with E-state index in [1.54, 1.807) is 18.2 Å². The lowest BCUT2D eigenvalue weighted by atomic mass is 9.58. The number of fused-ring (bicyclic) bond motifs is 1. The summed E-state index contributed by atoms with van der Waals surface area (Å²) in [6.45, 7) is 10.3. The Kier molecular flexibility index (Phi) is 8.27. The van der Waals surface area contributed by atoms with Gasteiger partial charge in [0, 0.05) is 66.9 Å². The first-order chi connectivity index (χ1) is 21.9. The van der Waals surface area contributed by atoms with Gasteiger partial charge in [-0.3, -0.25) is 19.8 Å². The van der Waals surface area contributed by atoms with Crippen molar-refractivity contribution >= 4 is 33.3 Å². The number of non-ortho nitro benzene ring substituents is 1. The molecular formula is C32H37N7O6S. The van der Waals surface area contributed by atoms with Crippen LogP contribution in [-0.2, 0) is 21.2 Å². The van der Waals surface area contributed by atoms with E-state index >= 15 is 0 Å². The number of rotatable bonds is 9. The Labute approximate surface area is 267 Å². The molecular weight excluding hydrogens is 610 g/mol. The van der Waals surface area contributed by atoms with Crippen molar-refractivity contribution in [3.8, 4) is 17.1 Å². The van der Waals surface area contributed by atoms with Gasteiger partial charge in [0.1, 0.15) is 5.75 Å². The summed E-state index contributed by atoms with van der Waals surface area (Å²) >= 11 is 0. The van der Waals surface area contributed by atoms with Crippen LogP contribution in [0.1, 0.15) is 32.8 Å². The zero-order valence-electron chi connectivity index (χ0n) is 26.1. The molecule has 0 bridgehead atoms. The number of ether oxygens (including phenoxy) is 1. The number of hydrogen-bond acceptors (Lipinski definition) is 11. The number of tetrazole rings is 1. The van der Waals surface area contributed by atoms with Crippen molar-refractivity contribution in [2.45, 2.75) is 33.7 Å². The number of nitrogens with zero attached hydrogens (tertiary/aromatic N) is 7. The molecule has 3 aromatic rings. The molecule has 6 rings (SSSR count). The average molecular weight is 648 g/mol. The fourth-order valence-electron chi connectivity index (χ4n) is 7.04. The van der Waals surface area contributed by atoms with E-state index in [4.69, 9.17) is 4.74 Å². The van der Waals surface area contributed by atoms with Gasteiger partial charge >= 0.3 is 0 Å². The highest BCUT2D eigenvalue weighted by Crippen LogP contribution is 2.55. The normalized spacial score (nSPS) is 22.4. The number of carbonyl (C=O) groups excluding carboxylic acids is 1. The first-order valence-electron chi connectivity index (χ1n) is 15.2. The molecule has 0 spiro atoms. The van der Waals surface area contributed by atoms with Crippen LogP contribution in [0.2, 0.25) is 0 Å². The number of anilines is 1. The van der Waals surface area contributed by atoms with E-state index in [0.717, 1.165) is 12.0 Å². The fraction of sp³-hybridized carbons (Fsp3) is 0.438. The maximum absolute atomic E-state index is 12.0. The minimum Gasteiger partial charge on any atom is -0.429 e. The number of sulfone groups is 1. The third-order valence-corrected chi connectivity index (χ3v) is 11.0. The number of aromatic nitrogens is 4. The van der Waals surface area contributed by atoms with Crippen molar-refractivity contribution in [3.63, 3.8) is 0 Å². The van der Waals surface area contributed by atoms with Crippen molar-refractivity contribution < 1.29 is 22.9 Å². The van der Waals surface area contributed by atoms with Crippen LogP contribution in [0.4, 0.5) is 11.4 Å². The van der Waals surface area contributed by atoms with Crippen LogP contribution in [0.15, 0.2) is 60.2 Å². The molecule has 1 atom stereocenters. The zero-order valence-corrected chi connectivity index (χ0v) is 26.9. The van der Waals surface area contributed by atoms with Gasteiger partial charge < -0.3 is 9.64 Å². The minimum atomic E-state index is -2.96. The molecule has 13 nitrogen and oxygen atoms in total. The van der Waals surface area contributed by atoms with E-state index < -0.39 is 14.8 Å². The van der Waals surface area contributed by atoms with Gasteiger partial charge in [0.2, 0.25) is 5.82 Å². The summed E-state index contributed by atoms with van der Waals surface area (Å²) in [5.41, 5.74) is 4.31. The highest BCUT2D eigenvalue weighted by Gasteiger charge is 2.46. The second kappa shape index (κ2) is 12.1. The molecule has 1 saturated heterocycles. The molecule has 0 radical (unpaired) electrons. The summed E-state index contributed by atoms with van der Waals surface area (Å²) in [6, 6.07) is 12.5. The molecule has 1 fully saturated rings. The van der Waals surface area contributed by atoms with Crippen molar-refractivity contribution in [1.29, 1.82) is 0 Å². The third kappa shape index (κ3) is 6.31. The van der Waals surface area contributed by atoms with Crippen LogP contribution in [0.3, 0.4) is 0 Å². The molecule has 3 aliphatic rings. The average Bonchev–Trinajstić information content (AvgIpc) is 3.50. The van der Waals surface area contributed by atoms with E-state index in [0.29, 0.717) is 68.6 Å². The SMILES string of the molecule is CC1(C)C(c2ccc(OC=O)cc2)=CC[C@]2(C)CN(c3cc(-c4nnn(CCN5CCS(=O)(=O)CC5)n4)cc([N+](=O)[O-])c3)CC=C12. The van der Waals surface area contributed by atoms with E-state index in [-0.39, 0.29) is 28.0 Å². The smallest absolute Gasteiger partial charge is 0.298 e. The van der Waals surface area contributed by atoms with Gasteiger partial charge in [-0.15, -0.1) is 10.2 Å². The van der Waals surface area contributed by atoms with Crippen molar-refractivity contribution in [1.82, 2.24) is 25.1 Å². The third-order valence-electron chi connectivity index (χ3n) is 9.40. The zero-order chi connectivity index (χ0) is 32.7. The Morgan fingerprint density at radius 2 is 1.76 bits per heavy atom. The Morgan fingerprint density at radius 1 is 1.02 bits per heavy atom. The number of nitro benzene ring substituents is 1. The van der Waals surface area contributed by atoms with E-state index in [2.05, 4.69) is 58.1 Å². The van der Waals surface area contributed by atoms with E-state index in [1.807, 2.05) is 18.2 Å². The maximum Gasteiger partial charge on any atom is 0.298 e. The molecule has 242 valence electrons. The van der Waals surface area contributed by atoms with Crippen LogP contribution >= 0.6 is 0 Å². The molecule has 0 saturated carbocycles. The molecule has 2 aliphatic heterocycles. The summed E-state index contributed by atoms with van der Waals surface area (Å²) in [6.07, 6.45) is 5.32. The number of nitro groups is 1. The molecule has 3 heterocycles. The monoisotopic (exact) mass is 647 g/mol. The predicted octanol–water partition coefficient (Wildman–Crippen LogP) is 3.78. The lowest BCUT2D eigenvalue weighted by molar-refractivity contribution is -0.384. The number of allylic oxidation sites excluding steroid dienone is 2. The largest absolute Gasteiger partial charge is 0.429 e. The van der Waals surface area contributed by atoms with Crippen LogP contribution in [-0.4, -0.2) is 89.1 Å². The predicted molar refractivity (Wildman–Crippen MR) is 173 cm³/mol. The van der Waals surface area contributed by atoms with Gasteiger partial charge in [-0.05, 0) is 41.0 Å². The quantitative estimate of drug-likeness (QED) is 0.144. The molecule has 14 heteroatoms. The second-order valence-electron chi connectivity index (χ2n) is 12.9. The Hall–Kier alpha value is -4.43. The number of carbonyl (C=O) groups is 1. The van der Waals surface area contributed by atoms with Crippen LogP contribution in [0.25, 0.3) is 17.0 Å². The number of hydrogen-bond donors (Lipinski definition) is 0. The van der Waals surface area contributed by atoms with Gasteiger partial charge in [-0.25, -0.2) is 8.42 Å². The molecule has 0 unspecified atom stereocenters. The topological polar surface area (TPSA) is 154 Å². The van der Waals surface area contributed by atoms with Crippen LogP contribution in [0, 0.1) is 20.9 Å². The summed E-state index contributed by atoms with van der Waals surface area (Å²) in [5, 5.41) is 24.8. The summed E-state index contributed by atoms with van der Waals surface area (Å²) in [5.74, 6) is 1.08. The Bertz CT molecular complexity index is 1820. The van der Waals surface area contributed by atoms with E-state index in [1.165, 1.54) is 22.0 Å². The molecule has 1 aliphatic carbocycles. The van der Waals surface area contributed by atoms with Crippen molar-refractivity contribution in [3.05, 3.63) is 75.9 Å². The second-order valence-corrected chi connectivity index (χ2v) is 15.2. The standard InChI is InChI=1S/C32H37N7O6S/c1-31(2)28(23-4-6-27(7-5-23)45-22-40)8-10-32(3)21-37(11-9-29(31)32)25-18-24(19-26(20-25)39(41)42)30-33-35-38(34-30)13-12-36-14-16-46(43,44)17-15-36/h4-9,18-20,22H,10-17,21H2,1-3H3/t32-/m1/s1. The van der Waals surface area contributed by atoms with Gasteiger partial charge in [0.25, 0.3) is 12.2 Å². The lowest BCUT2D eigenvalue weighted by Crippen LogP contribution is -2.47. The molecule has 46 heavy (non-hydrogen) atoms. The lowest BCUT2D eigenvalue weighted by Gasteiger charge is -2.51. The first kappa shape index (κ1) is 31.5. The Morgan fingerprint density at radius 3 is 2.46 bits per heavy atom. The molecule has 2 aromatic carbocycles. The molecule has 1 aromatic heterocycles. The summed E-state index contributed by atoms with van der Waals surface area (Å²) in [4.78, 5) is 28.0. The maximum atomic E-state index is 12.0. The highest BCUT2D eigenvalue weighted by molar-refractivity contribution is 7.91. The number of benzene rings is 2. The van der Waals surface area contributed by atoms with Gasteiger partial charge in [0.05, 0.1) is 23.0 Å². The highest BCUT2D eigenvalue weighted by atomic mass is 32.2. The summed E-state index contributed by atoms with van der Waals surface area (Å²) < 4.78 is 28.4. The molecule has 0 N–H and O–H groups in total. The van der Waals surface area contributed by atoms with E-state index in [9.17, 15) is 23.3 Å². The van der Waals surface area contributed by atoms with Crippen LogP contribution < -0.4 is 9.64 Å². The summed E-state index contributed by atoms with van der Waals surface area (Å²) in [7, 11) is -2.96. The molecule has 0 amide bonds. The van der Waals surface area contributed by atoms with Gasteiger partial charge in [-0.2, -0.15) is 4.80 Å². The van der Waals surface area contributed by atoms with Crippen molar-refractivity contribution in [2.75, 3.05) is 49.1 Å². The minimum absolute atomic E-state index is 0.0496. The Balaban J connectivity index is 1.21. The van der Waals surface area contributed by atoms with Crippen molar-refractivity contribution in [2.24, 2.45) is 10.8 Å². The first-order valence-corrected chi connectivity index (χ1v) is 17.1.